The molecular weight excluding hydrogens is 418 g/mol. The molecule has 0 saturated carbocycles. The highest BCUT2D eigenvalue weighted by molar-refractivity contribution is 7.91. The van der Waals surface area contributed by atoms with Crippen molar-refractivity contribution in [2.24, 2.45) is 0 Å². The number of benzene rings is 1. The summed E-state index contributed by atoms with van der Waals surface area (Å²) < 4.78 is 23.3. The molecule has 1 N–H and O–H groups in total. The van der Waals surface area contributed by atoms with Gasteiger partial charge in [-0.25, -0.2) is 13.2 Å². The van der Waals surface area contributed by atoms with Gasteiger partial charge in [0.25, 0.3) is 0 Å². The van der Waals surface area contributed by atoms with Crippen LogP contribution in [-0.4, -0.2) is 97.0 Å². The maximum atomic E-state index is 13.1. The van der Waals surface area contributed by atoms with Crippen LogP contribution in [0, 0.1) is 0 Å². The molecule has 9 heteroatoms. The van der Waals surface area contributed by atoms with Crippen molar-refractivity contribution < 1.29 is 23.1 Å². The Bertz CT molecular complexity index is 890. The molecule has 1 aromatic carbocycles. The van der Waals surface area contributed by atoms with E-state index in [0.29, 0.717) is 58.2 Å². The minimum Gasteiger partial charge on any atom is -0.481 e. The first-order chi connectivity index (χ1) is 14.8. The Morgan fingerprint density at radius 1 is 0.871 bits per heavy atom. The highest BCUT2D eigenvalue weighted by Crippen LogP contribution is 2.36. The Labute approximate surface area is 183 Å². The summed E-state index contributed by atoms with van der Waals surface area (Å²) in [5, 5.41) is 9.95. The molecule has 0 spiro atoms. The second-order valence-electron chi connectivity index (χ2n) is 8.93. The first-order valence-corrected chi connectivity index (χ1v) is 12.9. The van der Waals surface area contributed by atoms with E-state index in [1.807, 2.05) is 35.2 Å². The number of rotatable bonds is 3. The second kappa shape index (κ2) is 8.78. The lowest BCUT2D eigenvalue weighted by atomic mass is 9.73. The van der Waals surface area contributed by atoms with Gasteiger partial charge in [0.1, 0.15) is 0 Å². The van der Waals surface area contributed by atoms with Crippen LogP contribution >= 0.6 is 0 Å². The number of amides is 2. The van der Waals surface area contributed by atoms with Gasteiger partial charge < -0.3 is 14.9 Å². The Balaban J connectivity index is 1.31. The molecular formula is C22H31N3O5S. The number of hydrogen-bond donors (Lipinski definition) is 1. The van der Waals surface area contributed by atoms with Crippen LogP contribution in [0.4, 0.5) is 4.79 Å². The third-order valence-corrected chi connectivity index (χ3v) is 8.86. The Kier molecular flexibility index (Phi) is 6.25. The molecule has 3 aliphatic heterocycles. The minimum absolute atomic E-state index is 0.00766. The normalized spacial score (nSPS) is 24.6. The van der Waals surface area contributed by atoms with Crippen molar-refractivity contribution in [2.45, 2.75) is 37.1 Å². The van der Waals surface area contributed by atoms with Gasteiger partial charge in [0.05, 0.1) is 16.9 Å². The van der Waals surface area contributed by atoms with E-state index in [9.17, 15) is 23.1 Å². The van der Waals surface area contributed by atoms with Crippen molar-refractivity contribution in [1.82, 2.24) is 14.7 Å². The lowest BCUT2D eigenvalue weighted by Gasteiger charge is -2.43. The summed E-state index contributed by atoms with van der Waals surface area (Å²) in [5.41, 5.74) is -0.126. The van der Waals surface area contributed by atoms with Crippen LogP contribution in [0.5, 0.6) is 0 Å². The predicted molar refractivity (Wildman–Crippen MR) is 117 cm³/mol. The number of urea groups is 1. The number of likely N-dealkylation sites (tertiary alicyclic amines) is 2. The molecule has 31 heavy (non-hydrogen) atoms. The second-order valence-corrected chi connectivity index (χ2v) is 11.2. The third kappa shape index (κ3) is 4.57. The molecule has 0 bridgehead atoms. The molecule has 3 aliphatic rings. The molecule has 3 saturated heterocycles. The first-order valence-electron chi connectivity index (χ1n) is 11.1. The molecule has 8 nitrogen and oxygen atoms in total. The fraction of sp³-hybridized carbons (Fsp3) is 0.636. The number of hydrogen-bond acceptors (Lipinski definition) is 5. The van der Waals surface area contributed by atoms with Gasteiger partial charge in [0, 0.05) is 45.3 Å². The Morgan fingerprint density at radius 3 is 1.97 bits per heavy atom. The SMILES string of the molecule is O=C(N1CCC(N2CCS(=O)(=O)CC2)CC1)N1CCC(C(=O)O)(c2ccccc2)CC1. The lowest BCUT2D eigenvalue weighted by molar-refractivity contribution is -0.145. The van der Waals surface area contributed by atoms with Crippen molar-refractivity contribution in [1.29, 1.82) is 0 Å². The van der Waals surface area contributed by atoms with E-state index >= 15 is 0 Å². The number of carboxylic acid groups (broad SMARTS) is 1. The average molecular weight is 450 g/mol. The smallest absolute Gasteiger partial charge is 0.320 e. The van der Waals surface area contributed by atoms with Gasteiger partial charge in [-0.1, -0.05) is 30.3 Å². The average Bonchev–Trinajstić information content (AvgIpc) is 2.79. The van der Waals surface area contributed by atoms with E-state index in [0.717, 1.165) is 18.4 Å². The largest absolute Gasteiger partial charge is 0.481 e. The van der Waals surface area contributed by atoms with Crippen LogP contribution in [-0.2, 0) is 20.0 Å². The van der Waals surface area contributed by atoms with Gasteiger partial charge in [-0.15, -0.1) is 0 Å². The van der Waals surface area contributed by atoms with Crippen molar-refractivity contribution in [3.05, 3.63) is 35.9 Å². The quantitative estimate of drug-likeness (QED) is 0.750. The number of aliphatic carboxylic acids is 1. The molecule has 3 fully saturated rings. The van der Waals surface area contributed by atoms with E-state index < -0.39 is 21.2 Å². The van der Waals surface area contributed by atoms with Crippen LogP contribution < -0.4 is 0 Å². The molecule has 170 valence electrons. The molecule has 3 heterocycles. The number of sulfone groups is 1. The summed E-state index contributed by atoms with van der Waals surface area (Å²) in [6.07, 6.45) is 2.53. The number of nitrogens with zero attached hydrogens (tertiary/aromatic N) is 3. The fourth-order valence-corrected chi connectivity index (χ4v) is 6.41. The van der Waals surface area contributed by atoms with E-state index in [-0.39, 0.29) is 17.5 Å². The van der Waals surface area contributed by atoms with Crippen molar-refractivity contribution in [3.63, 3.8) is 0 Å². The number of carbonyl (C=O) groups excluding carboxylic acids is 1. The zero-order valence-electron chi connectivity index (χ0n) is 17.8. The number of carboxylic acids is 1. The summed E-state index contributed by atoms with van der Waals surface area (Å²) in [6.45, 7) is 3.36. The van der Waals surface area contributed by atoms with Gasteiger partial charge in [-0.3, -0.25) is 9.69 Å². The summed E-state index contributed by atoms with van der Waals surface area (Å²) in [7, 11) is -2.88. The monoisotopic (exact) mass is 449 g/mol. The van der Waals surface area contributed by atoms with Gasteiger partial charge in [0.2, 0.25) is 0 Å². The van der Waals surface area contributed by atoms with Crippen molar-refractivity contribution in [3.8, 4) is 0 Å². The van der Waals surface area contributed by atoms with Gasteiger partial charge >= 0.3 is 12.0 Å². The molecule has 0 atom stereocenters. The lowest BCUT2D eigenvalue weighted by Crippen LogP contribution is -2.55. The summed E-state index contributed by atoms with van der Waals surface area (Å²) in [5.74, 6) is -0.366. The van der Waals surface area contributed by atoms with E-state index in [1.54, 1.807) is 4.90 Å². The summed E-state index contributed by atoms with van der Waals surface area (Å²) >= 11 is 0. The zero-order chi connectivity index (χ0) is 22.1. The molecule has 0 radical (unpaired) electrons. The zero-order valence-corrected chi connectivity index (χ0v) is 18.6. The number of carbonyl (C=O) groups is 2. The fourth-order valence-electron chi connectivity index (χ4n) is 5.18. The molecule has 1 aromatic rings. The summed E-state index contributed by atoms with van der Waals surface area (Å²) in [4.78, 5) is 31.1. The van der Waals surface area contributed by atoms with Gasteiger partial charge in [-0.05, 0) is 31.2 Å². The predicted octanol–water partition coefficient (Wildman–Crippen LogP) is 1.42. The van der Waals surface area contributed by atoms with Crippen LogP contribution in [0.2, 0.25) is 0 Å². The Morgan fingerprint density at radius 2 is 1.42 bits per heavy atom. The minimum atomic E-state index is -2.88. The van der Waals surface area contributed by atoms with Crippen LogP contribution in [0.15, 0.2) is 30.3 Å². The maximum Gasteiger partial charge on any atom is 0.320 e. The van der Waals surface area contributed by atoms with E-state index in [2.05, 4.69) is 4.90 Å². The molecule has 2 amide bonds. The van der Waals surface area contributed by atoms with Gasteiger partial charge in [-0.2, -0.15) is 0 Å². The molecule has 0 aliphatic carbocycles. The molecule has 0 aromatic heterocycles. The standard InChI is InChI=1S/C22H31N3O5S/c26-20(27)22(18-4-2-1-3-5-18)8-12-25(13-9-22)21(28)24-10-6-19(7-11-24)23-14-16-31(29,30)17-15-23/h1-5,19H,6-17H2,(H,26,27). The highest BCUT2D eigenvalue weighted by atomic mass is 32.2. The topological polar surface area (TPSA) is 98.2 Å². The van der Waals surface area contributed by atoms with Gasteiger partial charge in [0.15, 0.2) is 9.84 Å². The first kappa shape index (κ1) is 22.1. The molecule has 4 rings (SSSR count). The van der Waals surface area contributed by atoms with Crippen LogP contribution in [0.3, 0.4) is 0 Å². The van der Waals surface area contributed by atoms with E-state index in [1.165, 1.54) is 0 Å². The molecule has 0 unspecified atom stereocenters. The van der Waals surface area contributed by atoms with Crippen LogP contribution in [0.25, 0.3) is 0 Å². The maximum absolute atomic E-state index is 13.1. The third-order valence-electron chi connectivity index (χ3n) is 7.25. The number of piperidine rings is 2. The van der Waals surface area contributed by atoms with E-state index in [4.69, 9.17) is 0 Å². The highest BCUT2D eigenvalue weighted by Gasteiger charge is 2.44. The van der Waals surface area contributed by atoms with Crippen molar-refractivity contribution in [2.75, 3.05) is 50.8 Å². The summed E-state index contributed by atoms with van der Waals surface area (Å²) in [6, 6.07) is 9.65. The van der Waals surface area contributed by atoms with Crippen LogP contribution in [0.1, 0.15) is 31.2 Å². The Hall–Kier alpha value is -2.13. The van der Waals surface area contributed by atoms with Crippen molar-refractivity contribution >= 4 is 21.8 Å².